The first-order valence-electron chi connectivity index (χ1n) is 10.6. The first kappa shape index (κ1) is 22.2. The minimum absolute atomic E-state index is 0.144. The minimum Gasteiger partial charge on any atom is -0.394 e. The maximum Gasteiger partial charge on any atom is 0.274 e. The third-order valence-corrected chi connectivity index (χ3v) is 6.50. The molecule has 3 heterocycles. The van der Waals surface area contributed by atoms with Crippen molar-refractivity contribution in [2.24, 2.45) is 0 Å². The Bertz CT molecular complexity index is 1480. The van der Waals surface area contributed by atoms with E-state index in [-0.39, 0.29) is 18.3 Å². The van der Waals surface area contributed by atoms with Crippen LogP contribution in [0.1, 0.15) is 23.8 Å². The van der Waals surface area contributed by atoms with E-state index in [4.69, 9.17) is 11.6 Å². The molecule has 2 aromatic carbocycles. The lowest BCUT2D eigenvalue weighted by Crippen LogP contribution is -2.37. The number of hydrogen-bond acceptors (Lipinski definition) is 8. The van der Waals surface area contributed by atoms with E-state index >= 15 is 0 Å². The van der Waals surface area contributed by atoms with Gasteiger partial charge in [-0.1, -0.05) is 29.9 Å². The van der Waals surface area contributed by atoms with Crippen molar-refractivity contribution >= 4 is 55.5 Å². The highest BCUT2D eigenvalue weighted by Crippen LogP contribution is 2.31. The molecule has 5 rings (SSSR count). The molecule has 0 aliphatic rings. The Kier molecular flexibility index (Phi) is 6.10. The summed E-state index contributed by atoms with van der Waals surface area (Å²) in [7, 11) is 0. The number of carbonyl (C=O) groups is 1. The van der Waals surface area contributed by atoms with E-state index in [1.807, 2.05) is 49.4 Å². The summed E-state index contributed by atoms with van der Waals surface area (Å²) in [6, 6.07) is 13.0. The van der Waals surface area contributed by atoms with Crippen LogP contribution in [0.2, 0.25) is 5.02 Å². The molecular weight excluding hydrogens is 474 g/mol. The normalized spacial score (nSPS) is 12.2. The summed E-state index contributed by atoms with van der Waals surface area (Å²) in [6.45, 7) is 1.74. The molecule has 1 atom stereocenters. The van der Waals surface area contributed by atoms with Crippen molar-refractivity contribution in [2.75, 3.05) is 11.9 Å². The standard InChI is InChI=1S/C23H20ClN7O2S/c1-2-15(12-32)26-22(33)19-21-30-29-20(31(21)10-9-25-19)13-3-6-16(7-4-13)27-23-28-17-8-5-14(24)11-18(17)34-23/h3-11,15,32H,2,12H2,1H3,(H,26,33)(H,27,28)/t15-/m0/s1. The zero-order chi connectivity index (χ0) is 23.7. The number of benzene rings is 2. The molecule has 9 nitrogen and oxygen atoms in total. The molecule has 172 valence electrons. The fraction of sp³-hybridized carbons (Fsp3) is 0.174. The van der Waals surface area contributed by atoms with Crippen LogP contribution in [0.4, 0.5) is 10.8 Å². The van der Waals surface area contributed by atoms with Crippen LogP contribution in [0.5, 0.6) is 0 Å². The number of halogens is 1. The van der Waals surface area contributed by atoms with E-state index in [0.29, 0.717) is 22.9 Å². The quantitative estimate of drug-likeness (QED) is 0.309. The van der Waals surface area contributed by atoms with Gasteiger partial charge in [-0.25, -0.2) is 9.97 Å². The number of nitrogens with zero attached hydrogens (tertiary/aromatic N) is 5. The maximum atomic E-state index is 12.6. The maximum absolute atomic E-state index is 12.6. The summed E-state index contributed by atoms with van der Waals surface area (Å²) in [6.07, 6.45) is 3.85. The predicted molar refractivity (Wildman–Crippen MR) is 133 cm³/mol. The summed E-state index contributed by atoms with van der Waals surface area (Å²) in [5.74, 6) is 0.184. The van der Waals surface area contributed by atoms with Gasteiger partial charge in [-0.2, -0.15) is 0 Å². The van der Waals surface area contributed by atoms with Crippen LogP contribution in [0.15, 0.2) is 54.9 Å². The summed E-state index contributed by atoms with van der Waals surface area (Å²) >= 11 is 7.60. The lowest BCUT2D eigenvalue weighted by molar-refractivity contribution is 0.0911. The van der Waals surface area contributed by atoms with Gasteiger partial charge < -0.3 is 15.7 Å². The van der Waals surface area contributed by atoms with Crippen LogP contribution in [-0.2, 0) is 0 Å². The lowest BCUT2D eigenvalue weighted by Gasteiger charge is -2.13. The lowest BCUT2D eigenvalue weighted by atomic mass is 10.2. The topological polar surface area (TPSA) is 117 Å². The number of aromatic nitrogens is 5. The Morgan fingerprint density at radius 2 is 2.03 bits per heavy atom. The van der Waals surface area contributed by atoms with Crippen LogP contribution >= 0.6 is 22.9 Å². The molecule has 3 aromatic heterocycles. The number of carbonyl (C=O) groups excluding carboxylic acids is 1. The van der Waals surface area contributed by atoms with Gasteiger partial charge in [-0.15, -0.1) is 10.2 Å². The molecular formula is C23H20ClN7O2S. The minimum atomic E-state index is -0.401. The number of anilines is 2. The third kappa shape index (κ3) is 4.30. The van der Waals surface area contributed by atoms with Gasteiger partial charge in [0.05, 0.1) is 22.9 Å². The average Bonchev–Trinajstić information content (AvgIpc) is 3.46. The second kappa shape index (κ2) is 9.34. The van der Waals surface area contributed by atoms with Gasteiger partial charge in [0, 0.05) is 28.7 Å². The Balaban J connectivity index is 1.39. The molecule has 0 bridgehead atoms. The first-order valence-corrected chi connectivity index (χ1v) is 11.8. The number of thiazole rings is 1. The van der Waals surface area contributed by atoms with Crippen LogP contribution in [0, 0.1) is 0 Å². The highest BCUT2D eigenvalue weighted by molar-refractivity contribution is 7.22. The SMILES string of the molecule is CC[C@@H](CO)NC(=O)c1nccn2c(-c3ccc(Nc4nc5ccc(Cl)cc5s4)cc3)nnc12. The monoisotopic (exact) mass is 493 g/mol. The number of nitrogens with one attached hydrogen (secondary N) is 2. The summed E-state index contributed by atoms with van der Waals surface area (Å²) < 4.78 is 2.74. The van der Waals surface area contributed by atoms with E-state index in [9.17, 15) is 9.90 Å². The highest BCUT2D eigenvalue weighted by Gasteiger charge is 2.19. The number of aliphatic hydroxyl groups excluding tert-OH is 1. The third-order valence-electron chi connectivity index (χ3n) is 5.34. The molecule has 5 aromatic rings. The molecule has 11 heteroatoms. The number of rotatable bonds is 7. The molecule has 34 heavy (non-hydrogen) atoms. The summed E-state index contributed by atoms with van der Waals surface area (Å²) in [4.78, 5) is 21.4. The molecule has 0 unspecified atom stereocenters. The zero-order valence-electron chi connectivity index (χ0n) is 18.1. The van der Waals surface area contributed by atoms with Crippen molar-refractivity contribution in [1.82, 2.24) is 29.9 Å². The van der Waals surface area contributed by atoms with Gasteiger partial charge in [0.15, 0.2) is 22.3 Å². The van der Waals surface area contributed by atoms with Crippen LogP contribution < -0.4 is 10.6 Å². The van der Waals surface area contributed by atoms with Crippen LogP contribution in [0.3, 0.4) is 0 Å². The van der Waals surface area contributed by atoms with Gasteiger partial charge >= 0.3 is 0 Å². The van der Waals surface area contributed by atoms with E-state index in [0.717, 1.165) is 26.6 Å². The van der Waals surface area contributed by atoms with Gasteiger partial charge in [0.2, 0.25) is 0 Å². The molecule has 0 spiro atoms. The second-order valence-electron chi connectivity index (χ2n) is 7.59. The van der Waals surface area contributed by atoms with Crippen molar-refractivity contribution < 1.29 is 9.90 Å². The Morgan fingerprint density at radius 1 is 1.21 bits per heavy atom. The van der Waals surface area contributed by atoms with Gasteiger partial charge in [0.25, 0.3) is 5.91 Å². The Hall–Kier alpha value is -3.60. The Morgan fingerprint density at radius 3 is 2.79 bits per heavy atom. The van der Waals surface area contributed by atoms with E-state index in [1.165, 1.54) is 17.5 Å². The Labute approximate surface area is 203 Å². The summed E-state index contributed by atoms with van der Waals surface area (Å²) in [5, 5.41) is 25.4. The van der Waals surface area contributed by atoms with Crippen molar-refractivity contribution in [1.29, 1.82) is 0 Å². The van der Waals surface area contributed by atoms with E-state index in [2.05, 4.69) is 30.8 Å². The smallest absolute Gasteiger partial charge is 0.274 e. The van der Waals surface area contributed by atoms with Crippen molar-refractivity contribution in [3.8, 4) is 11.4 Å². The first-order chi connectivity index (χ1) is 16.6. The van der Waals surface area contributed by atoms with Crippen molar-refractivity contribution in [2.45, 2.75) is 19.4 Å². The van der Waals surface area contributed by atoms with E-state index < -0.39 is 5.91 Å². The van der Waals surface area contributed by atoms with Crippen molar-refractivity contribution in [3.05, 3.63) is 65.6 Å². The molecule has 0 saturated heterocycles. The molecule has 3 N–H and O–H groups in total. The number of fused-ring (bicyclic) bond motifs is 2. The average molecular weight is 494 g/mol. The van der Waals surface area contributed by atoms with Gasteiger partial charge in [0.1, 0.15) is 0 Å². The fourth-order valence-corrected chi connectivity index (χ4v) is 4.65. The fourth-order valence-electron chi connectivity index (χ4n) is 3.49. The van der Waals surface area contributed by atoms with Crippen molar-refractivity contribution in [3.63, 3.8) is 0 Å². The van der Waals surface area contributed by atoms with Crippen LogP contribution in [0.25, 0.3) is 27.3 Å². The zero-order valence-corrected chi connectivity index (χ0v) is 19.6. The molecule has 0 aliphatic heterocycles. The van der Waals surface area contributed by atoms with Gasteiger partial charge in [-0.05, 0) is 48.9 Å². The van der Waals surface area contributed by atoms with E-state index in [1.54, 1.807) is 10.6 Å². The number of hydrogen-bond donors (Lipinski definition) is 3. The highest BCUT2D eigenvalue weighted by atomic mass is 35.5. The molecule has 0 radical (unpaired) electrons. The largest absolute Gasteiger partial charge is 0.394 e. The van der Waals surface area contributed by atoms with Crippen LogP contribution in [-0.4, -0.2) is 48.2 Å². The number of aliphatic hydroxyl groups is 1. The number of amides is 1. The summed E-state index contributed by atoms with van der Waals surface area (Å²) in [5.41, 5.74) is 3.09. The molecule has 1 amide bonds. The molecule has 0 aliphatic carbocycles. The molecule has 0 fully saturated rings. The molecule has 0 saturated carbocycles. The second-order valence-corrected chi connectivity index (χ2v) is 9.05. The van der Waals surface area contributed by atoms with Gasteiger partial charge in [-0.3, -0.25) is 9.20 Å². The predicted octanol–water partition coefficient (Wildman–Crippen LogP) is 4.30.